The third kappa shape index (κ3) is 5.79. The summed E-state index contributed by atoms with van der Waals surface area (Å²) < 4.78 is 33.9. The topological polar surface area (TPSA) is 138 Å². The number of aromatic nitrogens is 2. The average Bonchev–Trinajstić information content (AvgIpc) is 3.29. The molecular weight excluding hydrogens is 615 g/mol. The number of carbonyl (C=O) groups excluding carboxylic acids is 1. The quantitative estimate of drug-likeness (QED) is 0.250. The summed E-state index contributed by atoms with van der Waals surface area (Å²) in [4.78, 5) is 29.0. The summed E-state index contributed by atoms with van der Waals surface area (Å²) in [5.74, 6) is -2.08. The summed E-state index contributed by atoms with van der Waals surface area (Å²) in [6.07, 6.45) is 2.67. The van der Waals surface area contributed by atoms with Crippen LogP contribution < -0.4 is 10.0 Å². The zero-order valence-electron chi connectivity index (χ0n) is 17.9. The molecule has 3 N–H and O–H groups in total. The molecule has 9 nitrogen and oxygen atoms in total. The number of amides is 1. The summed E-state index contributed by atoms with van der Waals surface area (Å²) in [5.41, 5.74) is 0.387. The van der Waals surface area contributed by atoms with E-state index in [0.29, 0.717) is 25.1 Å². The van der Waals surface area contributed by atoms with Crippen molar-refractivity contribution in [1.29, 1.82) is 0 Å². The van der Waals surface area contributed by atoms with Gasteiger partial charge in [-0.05, 0) is 53.5 Å². The molecule has 4 rings (SSSR count). The van der Waals surface area contributed by atoms with Crippen molar-refractivity contribution in [3.63, 3.8) is 0 Å². The number of anilines is 1. The van der Waals surface area contributed by atoms with E-state index in [1.807, 2.05) is 0 Å². The molecule has 0 unspecified atom stereocenters. The van der Waals surface area contributed by atoms with Gasteiger partial charge in [0.1, 0.15) is 6.04 Å². The highest BCUT2D eigenvalue weighted by Gasteiger charge is 2.26. The molecule has 2 aromatic heterocycles. The van der Waals surface area contributed by atoms with E-state index in [9.17, 15) is 23.1 Å². The van der Waals surface area contributed by atoms with Crippen molar-refractivity contribution in [1.82, 2.24) is 14.7 Å². The lowest BCUT2D eigenvalue weighted by Crippen LogP contribution is -2.42. The fourth-order valence-electron chi connectivity index (χ4n) is 3.32. The Hall–Kier alpha value is -2.77. The van der Waals surface area contributed by atoms with Gasteiger partial charge in [0.2, 0.25) is 0 Å². The molecule has 0 saturated carbocycles. The molecule has 2 heterocycles. The molecule has 0 spiro atoms. The third-order valence-electron chi connectivity index (χ3n) is 5.00. The maximum atomic E-state index is 13.2. The van der Waals surface area contributed by atoms with Crippen molar-refractivity contribution in [3.05, 3.63) is 80.5 Å². The van der Waals surface area contributed by atoms with Crippen LogP contribution in [-0.4, -0.2) is 40.8 Å². The van der Waals surface area contributed by atoms with Crippen LogP contribution in [0.2, 0.25) is 10.0 Å². The average molecular weight is 630 g/mol. The second-order valence-electron chi connectivity index (χ2n) is 7.47. The Kier molecular flexibility index (Phi) is 7.81. The van der Waals surface area contributed by atoms with Crippen molar-refractivity contribution in [3.8, 4) is 0 Å². The Morgan fingerprint density at radius 1 is 1.11 bits per heavy atom. The largest absolute Gasteiger partial charge is 0.480 e. The van der Waals surface area contributed by atoms with Crippen molar-refractivity contribution >= 4 is 88.3 Å². The van der Waals surface area contributed by atoms with Gasteiger partial charge in [-0.1, -0.05) is 45.2 Å². The number of nitrogens with one attached hydrogen (secondary N) is 2. The van der Waals surface area contributed by atoms with Crippen LogP contribution in [0.3, 0.4) is 0 Å². The van der Waals surface area contributed by atoms with Gasteiger partial charge in [-0.2, -0.15) is 12.8 Å². The summed E-state index contributed by atoms with van der Waals surface area (Å²) in [6.45, 7) is 0. The third-order valence-corrected chi connectivity index (χ3v) is 8.32. The predicted octanol–water partition coefficient (Wildman–Crippen LogP) is 4.99. The van der Waals surface area contributed by atoms with Gasteiger partial charge in [0.15, 0.2) is 5.03 Å². The van der Waals surface area contributed by atoms with Crippen molar-refractivity contribution in [2.24, 2.45) is 0 Å². The minimum Gasteiger partial charge on any atom is -0.480 e. The molecule has 1 amide bonds. The van der Waals surface area contributed by atoms with E-state index in [1.165, 1.54) is 42.7 Å². The molecule has 0 aliphatic heterocycles. The number of sulfonamides is 1. The van der Waals surface area contributed by atoms with Crippen LogP contribution in [-0.2, 0) is 21.2 Å². The molecule has 2 aromatic carbocycles. The number of hydrogen-bond acceptors (Lipinski definition) is 7. The number of nitrogens with zero attached hydrogens (tertiary/aromatic N) is 2. The normalized spacial score (nSPS) is 12.3. The van der Waals surface area contributed by atoms with Gasteiger partial charge in [0.05, 0.1) is 37.6 Å². The molecule has 0 bridgehead atoms. The molecular formula is C22H15BrCl2N4O5S2. The van der Waals surface area contributed by atoms with Crippen LogP contribution in [0, 0.1) is 0 Å². The number of carboxylic acid groups (broad SMARTS) is 1. The molecule has 0 saturated heterocycles. The van der Waals surface area contributed by atoms with Gasteiger partial charge in [-0.25, -0.2) is 9.78 Å². The van der Waals surface area contributed by atoms with Crippen LogP contribution >= 0.6 is 50.7 Å². The van der Waals surface area contributed by atoms with Gasteiger partial charge in [-0.15, -0.1) is 0 Å². The lowest BCUT2D eigenvalue weighted by molar-refractivity contribution is -0.139. The second-order valence-corrected chi connectivity index (χ2v) is 11.6. The van der Waals surface area contributed by atoms with E-state index < -0.39 is 27.9 Å². The Labute approximate surface area is 227 Å². The summed E-state index contributed by atoms with van der Waals surface area (Å²) in [7, 11) is -4.22. The van der Waals surface area contributed by atoms with Gasteiger partial charge < -0.3 is 10.4 Å². The number of benzene rings is 2. The highest BCUT2D eigenvalue weighted by atomic mass is 79.9. The SMILES string of the molecule is O=C(N[C@@H](Cc1ccc(Cl)c(Cl)c1)C(=O)O)c1ccc(Br)cc1NS(=O)(=O)c1nccc2sncc12. The Balaban J connectivity index is 1.62. The molecule has 0 fully saturated rings. The van der Waals surface area contributed by atoms with Crippen molar-refractivity contribution < 1.29 is 23.1 Å². The monoisotopic (exact) mass is 628 g/mol. The van der Waals surface area contributed by atoms with Crippen LogP contribution in [0.4, 0.5) is 5.69 Å². The van der Waals surface area contributed by atoms with E-state index in [2.05, 4.69) is 35.3 Å². The minimum absolute atomic E-state index is 0.0671. The number of carboxylic acids is 1. The predicted molar refractivity (Wildman–Crippen MR) is 141 cm³/mol. The first-order valence-corrected chi connectivity index (χ1v) is 13.8. The van der Waals surface area contributed by atoms with Crippen LogP contribution in [0.25, 0.3) is 10.1 Å². The number of rotatable bonds is 8. The lowest BCUT2D eigenvalue weighted by Gasteiger charge is -2.17. The number of pyridine rings is 1. The zero-order valence-corrected chi connectivity index (χ0v) is 22.6. The van der Waals surface area contributed by atoms with Gasteiger partial charge in [0.25, 0.3) is 15.9 Å². The molecule has 0 radical (unpaired) electrons. The van der Waals surface area contributed by atoms with E-state index in [4.69, 9.17) is 23.2 Å². The maximum Gasteiger partial charge on any atom is 0.326 e. The standard InChI is InChI=1S/C22H15BrCl2N4O5S2/c23-12-2-3-13(20(30)28-18(22(31)32)8-11-1-4-15(24)16(25)7-11)17(9-12)29-36(33,34)21-14-10-27-35-19(14)5-6-26-21/h1-7,9-10,18,29H,8H2,(H,28,30)(H,31,32)/t18-/m0/s1. The van der Waals surface area contributed by atoms with E-state index >= 15 is 0 Å². The maximum absolute atomic E-state index is 13.2. The first-order valence-electron chi connectivity index (χ1n) is 10.0. The van der Waals surface area contributed by atoms with E-state index in [1.54, 1.807) is 12.1 Å². The molecule has 0 aliphatic rings. The van der Waals surface area contributed by atoms with Gasteiger partial charge in [-0.3, -0.25) is 9.52 Å². The number of halogens is 3. The smallest absolute Gasteiger partial charge is 0.326 e. The van der Waals surface area contributed by atoms with Crippen molar-refractivity contribution in [2.45, 2.75) is 17.5 Å². The fourth-order valence-corrected chi connectivity index (χ4v) is 5.91. The van der Waals surface area contributed by atoms with E-state index in [0.717, 1.165) is 11.5 Å². The summed E-state index contributed by atoms with van der Waals surface area (Å²) in [6, 6.07) is 9.25. The highest BCUT2D eigenvalue weighted by Crippen LogP contribution is 2.28. The fraction of sp³-hybridized carbons (Fsp3) is 0.0909. The second kappa shape index (κ2) is 10.7. The minimum atomic E-state index is -4.22. The number of carbonyl (C=O) groups is 2. The first-order chi connectivity index (χ1) is 17.0. The molecule has 0 aliphatic carbocycles. The molecule has 186 valence electrons. The van der Waals surface area contributed by atoms with Crippen LogP contribution in [0.15, 0.2) is 64.4 Å². The molecule has 4 aromatic rings. The number of hydrogen-bond donors (Lipinski definition) is 3. The lowest BCUT2D eigenvalue weighted by atomic mass is 10.1. The van der Waals surface area contributed by atoms with Crippen LogP contribution in [0.5, 0.6) is 0 Å². The molecule has 1 atom stereocenters. The summed E-state index contributed by atoms with van der Waals surface area (Å²) >= 11 is 16.3. The van der Waals surface area contributed by atoms with Gasteiger partial charge in [0, 0.05) is 17.1 Å². The molecule has 14 heteroatoms. The number of aliphatic carboxylic acids is 1. The Morgan fingerprint density at radius 2 is 1.89 bits per heavy atom. The van der Waals surface area contributed by atoms with Crippen molar-refractivity contribution in [2.75, 3.05) is 4.72 Å². The first kappa shape index (κ1) is 26.3. The number of fused-ring (bicyclic) bond motifs is 1. The van der Waals surface area contributed by atoms with Gasteiger partial charge >= 0.3 is 5.97 Å². The highest BCUT2D eigenvalue weighted by molar-refractivity contribution is 9.10. The zero-order chi connectivity index (χ0) is 26.0. The Bertz CT molecular complexity index is 1600. The van der Waals surface area contributed by atoms with E-state index in [-0.39, 0.29) is 27.7 Å². The molecule has 36 heavy (non-hydrogen) atoms. The van der Waals surface area contributed by atoms with Crippen LogP contribution in [0.1, 0.15) is 15.9 Å². The Morgan fingerprint density at radius 3 is 2.61 bits per heavy atom. The summed E-state index contributed by atoms with van der Waals surface area (Å²) in [5, 5.41) is 12.8.